The zero-order chi connectivity index (χ0) is 20.4. The van der Waals surface area contributed by atoms with Gasteiger partial charge < -0.3 is 23.5 Å². The largest absolute Gasteiger partial charge is 0.494 e. The summed E-state index contributed by atoms with van der Waals surface area (Å²) in [6, 6.07) is 10.9. The van der Waals surface area contributed by atoms with E-state index in [9.17, 15) is 4.79 Å². The smallest absolute Gasteiger partial charge is 0.231 e. The molecule has 3 aromatic rings. The number of aromatic nitrogens is 1. The summed E-state index contributed by atoms with van der Waals surface area (Å²) >= 11 is 5.86. The highest BCUT2D eigenvalue weighted by Crippen LogP contribution is 2.43. The molecule has 1 aliphatic rings. The van der Waals surface area contributed by atoms with Crippen LogP contribution in [0.25, 0.3) is 10.9 Å². The molecular weight excluding hydrogens is 394 g/mol. The summed E-state index contributed by atoms with van der Waals surface area (Å²) in [5, 5.41) is 0.801. The Kier molecular flexibility index (Phi) is 5.53. The first-order valence-corrected chi connectivity index (χ1v) is 10.1. The SMILES string of the molecule is CCOc1ccc(C(=O)c2c(OCCCl)c3cc4c(cc3n2CC)OCO4)cc1. The fourth-order valence-corrected chi connectivity index (χ4v) is 3.63. The highest BCUT2D eigenvalue weighted by Gasteiger charge is 2.27. The van der Waals surface area contributed by atoms with E-state index < -0.39 is 0 Å². The van der Waals surface area contributed by atoms with Crippen molar-refractivity contribution in [2.45, 2.75) is 20.4 Å². The average molecular weight is 416 g/mol. The zero-order valence-corrected chi connectivity index (χ0v) is 17.1. The average Bonchev–Trinajstić information content (AvgIpc) is 3.32. The number of benzene rings is 2. The Hall–Kier alpha value is -2.86. The van der Waals surface area contributed by atoms with E-state index in [1.807, 2.05) is 30.5 Å². The quantitative estimate of drug-likeness (QED) is 0.396. The highest BCUT2D eigenvalue weighted by atomic mass is 35.5. The van der Waals surface area contributed by atoms with Gasteiger partial charge in [-0.2, -0.15) is 0 Å². The topological polar surface area (TPSA) is 58.9 Å². The lowest BCUT2D eigenvalue weighted by molar-refractivity contribution is 0.102. The lowest BCUT2D eigenvalue weighted by Crippen LogP contribution is -2.12. The molecule has 1 aromatic heterocycles. The number of hydrogen-bond acceptors (Lipinski definition) is 5. The molecule has 152 valence electrons. The molecule has 0 unspecified atom stereocenters. The summed E-state index contributed by atoms with van der Waals surface area (Å²) in [5.41, 5.74) is 1.90. The number of ether oxygens (including phenoxy) is 4. The summed E-state index contributed by atoms with van der Waals surface area (Å²) in [7, 11) is 0. The Morgan fingerprint density at radius 2 is 1.83 bits per heavy atom. The van der Waals surface area contributed by atoms with Gasteiger partial charge in [0.15, 0.2) is 17.2 Å². The predicted octanol–water partition coefficient (Wildman–Crippen LogP) is 4.64. The van der Waals surface area contributed by atoms with Crippen molar-refractivity contribution in [2.24, 2.45) is 0 Å². The Morgan fingerprint density at radius 1 is 1.10 bits per heavy atom. The molecule has 2 heterocycles. The molecule has 4 rings (SSSR count). The third-order valence-corrected chi connectivity index (χ3v) is 4.95. The standard InChI is InChI=1S/C22H22ClNO5/c1-3-24-17-12-19-18(28-13-29-19)11-16(17)22(27-10-9-23)20(24)21(25)14-5-7-15(8-6-14)26-4-2/h5-8,11-12H,3-4,9-10,13H2,1-2H3. The number of carbonyl (C=O) groups excluding carboxylic acids is 1. The van der Waals surface area contributed by atoms with Gasteiger partial charge >= 0.3 is 0 Å². The molecule has 0 saturated carbocycles. The van der Waals surface area contributed by atoms with Crippen LogP contribution in [0.4, 0.5) is 0 Å². The van der Waals surface area contributed by atoms with E-state index >= 15 is 0 Å². The van der Waals surface area contributed by atoms with Crippen molar-refractivity contribution in [1.29, 1.82) is 0 Å². The highest BCUT2D eigenvalue weighted by molar-refractivity contribution is 6.18. The number of hydrogen-bond donors (Lipinski definition) is 0. The van der Waals surface area contributed by atoms with Crippen molar-refractivity contribution in [3.8, 4) is 23.0 Å². The van der Waals surface area contributed by atoms with E-state index in [0.717, 1.165) is 16.7 Å². The minimum atomic E-state index is -0.127. The Morgan fingerprint density at radius 3 is 2.48 bits per heavy atom. The molecule has 0 saturated heterocycles. The maximum absolute atomic E-state index is 13.5. The number of halogens is 1. The van der Waals surface area contributed by atoms with E-state index in [-0.39, 0.29) is 12.6 Å². The molecule has 0 atom stereocenters. The van der Waals surface area contributed by atoms with Crippen molar-refractivity contribution in [2.75, 3.05) is 25.9 Å². The summed E-state index contributed by atoms with van der Waals surface area (Å²) in [4.78, 5) is 13.5. The van der Waals surface area contributed by atoms with Crippen molar-refractivity contribution < 1.29 is 23.7 Å². The first kappa shape index (κ1) is 19.5. The van der Waals surface area contributed by atoms with E-state index in [1.165, 1.54) is 0 Å². The minimum Gasteiger partial charge on any atom is -0.494 e. The second-order valence-corrected chi connectivity index (χ2v) is 6.85. The van der Waals surface area contributed by atoms with Crippen LogP contribution in [0, 0.1) is 0 Å². The molecule has 29 heavy (non-hydrogen) atoms. The number of ketones is 1. The summed E-state index contributed by atoms with van der Waals surface area (Å²) in [5.74, 6) is 2.73. The van der Waals surface area contributed by atoms with Crippen LogP contribution in [0.2, 0.25) is 0 Å². The third kappa shape index (κ3) is 3.49. The van der Waals surface area contributed by atoms with Crippen molar-refractivity contribution in [1.82, 2.24) is 4.57 Å². The van der Waals surface area contributed by atoms with E-state index in [0.29, 0.717) is 54.1 Å². The second-order valence-electron chi connectivity index (χ2n) is 6.47. The molecule has 0 bridgehead atoms. The van der Waals surface area contributed by atoms with Crippen LogP contribution in [-0.4, -0.2) is 36.2 Å². The number of aryl methyl sites for hydroxylation is 1. The predicted molar refractivity (Wildman–Crippen MR) is 111 cm³/mol. The lowest BCUT2D eigenvalue weighted by atomic mass is 10.1. The molecule has 0 fully saturated rings. The molecule has 0 spiro atoms. The summed E-state index contributed by atoms with van der Waals surface area (Å²) in [6.45, 7) is 5.56. The van der Waals surface area contributed by atoms with Gasteiger partial charge in [-0.15, -0.1) is 11.6 Å². The first-order valence-electron chi connectivity index (χ1n) is 9.60. The number of nitrogens with zero attached hydrogens (tertiary/aromatic N) is 1. The molecule has 0 radical (unpaired) electrons. The maximum atomic E-state index is 13.5. The van der Waals surface area contributed by atoms with E-state index in [2.05, 4.69) is 0 Å². The van der Waals surface area contributed by atoms with Crippen LogP contribution in [0.3, 0.4) is 0 Å². The third-order valence-electron chi connectivity index (χ3n) is 4.79. The molecule has 7 heteroatoms. The van der Waals surface area contributed by atoms with E-state index in [1.54, 1.807) is 24.3 Å². The van der Waals surface area contributed by atoms with Crippen LogP contribution < -0.4 is 18.9 Å². The van der Waals surface area contributed by atoms with Crippen LogP contribution >= 0.6 is 11.6 Å². The molecule has 2 aromatic carbocycles. The van der Waals surface area contributed by atoms with Gasteiger partial charge in [-0.3, -0.25) is 4.79 Å². The Labute approximate surface area is 173 Å². The van der Waals surface area contributed by atoms with Crippen LogP contribution in [0.5, 0.6) is 23.0 Å². The summed E-state index contributed by atoms with van der Waals surface area (Å²) in [6.07, 6.45) is 0. The second kappa shape index (κ2) is 8.25. The summed E-state index contributed by atoms with van der Waals surface area (Å²) < 4.78 is 24.4. The molecular formula is C22H22ClNO5. The first-order chi connectivity index (χ1) is 14.2. The molecule has 0 aliphatic carbocycles. The maximum Gasteiger partial charge on any atom is 0.231 e. The van der Waals surface area contributed by atoms with Gasteiger partial charge in [0.25, 0.3) is 0 Å². The number of fused-ring (bicyclic) bond motifs is 2. The van der Waals surface area contributed by atoms with Gasteiger partial charge in [0.05, 0.1) is 18.0 Å². The van der Waals surface area contributed by atoms with Crippen molar-refractivity contribution in [3.05, 3.63) is 47.7 Å². The van der Waals surface area contributed by atoms with Crippen LogP contribution in [0.1, 0.15) is 29.9 Å². The Balaban J connectivity index is 1.86. The lowest BCUT2D eigenvalue weighted by Gasteiger charge is -2.11. The van der Waals surface area contributed by atoms with Crippen molar-refractivity contribution in [3.63, 3.8) is 0 Å². The zero-order valence-electron chi connectivity index (χ0n) is 16.4. The number of carbonyl (C=O) groups is 1. The van der Waals surface area contributed by atoms with Gasteiger partial charge in [0.2, 0.25) is 12.6 Å². The normalized spacial score (nSPS) is 12.4. The Bertz CT molecular complexity index is 1040. The van der Waals surface area contributed by atoms with Crippen LogP contribution in [-0.2, 0) is 6.54 Å². The van der Waals surface area contributed by atoms with E-state index in [4.69, 9.17) is 30.5 Å². The van der Waals surface area contributed by atoms with Gasteiger partial charge in [0.1, 0.15) is 18.1 Å². The molecule has 0 N–H and O–H groups in total. The molecule has 6 nitrogen and oxygen atoms in total. The van der Waals surface area contributed by atoms with Crippen molar-refractivity contribution >= 4 is 28.3 Å². The molecule has 1 aliphatic heterocycles. The fourth-order valence-electron chi connectivity index (χ4n) is 3.55. The van der Waals surface area contributed by atoms with Gasteiger partial charge in [-0.05, 0) is 44.2 Å². The fraction of sp³-hybridized carbons (Fsp3) is 0.318. The molecule has 0 amide bonds. The monoisotopic (exact) mass is 415 g/mol. The number of rotatable bonds is 8. The number of alkyl halides is 1. The van der Waals surface area contributed by atoms with Crippen LogP contribution in [0.15, 0.2) is 36.4 Å². The minimum absolute atomic E-state index is 0.127. The van der Waals surface area contributed by atoms with Gasteiger partial charge in [0, 0.05) is 23.6 Å². The van der Waals surface area contributed by atoms with Gasteiger partial charge in [-0.25, -0.2) is 0 Å². The van der Waals surface area contributed by atoms with Gasteiger partial charge in [-0.1, -0.05) is 0 Å².